The summed E-state index contributed by atoms with van der Waals surface area (Å²) in [5.41, 5.74) is 0.642. The van der Waals surface area contributed by atoms with Crippen molar-refractivity contribution in [1.29, 1.82) is 0 Å². The normalized spacial score (nSPS) is 29.5. The van der Waals surface area contributed by atoms with Gasteiger partial charge in [-0.1, -0.05) is 27.2 Å². The molecule has 0 bridgehead atoms. The molecule has 1 nitrogen and oxygen atoms in total. The molecule has 1 fully saturated rings. The van der Waals surface area contributed by atoms with Gasteiger partial charge in [0.15, 0.2) is 0 Å². The molecule has 0 aromatic heterocycles. The molecule has 1 atom stereocenters. The van der Waals surface area contributed by atoms with Gasteiger partial charge in [0.2, 0.25) is 0 Å². The van der Waals surface area contributed by atoms with Crippen LogP contribution in [0, 0.1) is 11.3 Å². The molecule has 0 radical (unpaired) electrons. The molecule has 1 heterocycles. The summed E-state index contributed by atoms with van der Waals surface area (Å²) in [7, 11) is 2.26. The lowest BCUT2D eigenvalue weighted by Crippen LogP contribution is -2.28. The fourth-order valence-corrected chi connectivity index (χ4v) is 2.91. The van der Waals surface area contributed by atoms with Crippen LogP contribution in [-0.4, -0.2) is 25.0 Å². The van der Waals surface area contributed by atoms with Crippen LogP contribution in [0.4, 0.5) is 0 Å². The van der Waals surface area contributed by atoms with Crippen LogP contribution in [0.5, 0.6) is 0 Å². The molecule has 0 aromatic carbocycles. The average molecular weight is 169 g/mol. The zero-order valence-electron chi connectivity index (χ0n) is 9.06. The van der Waals surface area contributed by atoms with E-state index in [0.29, 0.717) is 5.41 Å². The van der Waals surface area contributed by atoms with Crippen molar-refractivity contribution in [3.63, 3.8) is 0 Å². The van der Waals surface area contributed by atoms with E-state index in [0.717, 1.165) is 5.92 Å². The quantitative estimate of drug-likeness (QED) is 0.628. The molecule has 1 saturated heterocycles. The summed E-state index contributed by atoms with van der Waals surface area (Å²) >= 11 is 0. The first-order valence-corrected chi connectivity index (χ1v) is 5.37. The summed E-state index contributed by atoms with van der Waals surface area (Å²) in [5, 5.41) is 0. The second-order valence-corrected chi connectivity index (χ2v) is 4.37. The van der Waals surface area contributed by atoms with Crippen molar-refractivity contribution in [1.82, 2.24) is 4.90 Å². The Morgan fingerprint density at radius 1 is 1.25 bits per heavy atom. The molecule has 0 aromatic rings. The highest BCUT2D eigenvalue weighted by atomic mass is 15.1. The Bertz CT molecular complexity index is 138. The van der Waals surface area contributed by atoms with E-state index >= 15 is 0 Å². The second-order valence-electron chi connectivity index (χ2n) is 4.37. The van der Waals surface area contributed by atoms with Gasteiger partial charge in [-0.25, -0.2) is 0 Å². The average Bonchev–Trinajstić information content (AvgIpc) is 2.42. The predicted molar refractivity (Wildman–Crippen MR) is 54.3 cm³/mol. The molecule has 1 aliphatic heterocycles. The van der Waals surface area contributed by atoms with Gasteiger partial charge in [-0.05, 0) is 31.2 Å². The molecular formula is C11H23N. The van der Waals surface area contributed by atoms with E-state index in [1.54, 1.807) is 0 Å². The minimum atomic E-state index is 0.642. The molecule has 1 rings (SSSR count). The van der Waals surface area contributed by atoms with Gasteiger partial charge >= 0.3 is 0 Å². The lowest BCUT2D eigenvalue weighted by molar-refractivity contribution is 0.194. The first-order chi connectivity index (χ1) is 5.68. The van der Waals surface area contributed by atoms with Gasteiger partial charge in [-0.3, -0.25) is 0 Å². The Balaban J connectivity index is 2.71. The highest BCUT2D eigenvalue weighted by Crippen LogP contribution is 2.42. The number of nitrogens with zero attached hydrogens (tertiary/aromatic N) is 1. The molecule has 0 spiro atoms. The van der Waals surface area contributed by atoms with Gasteiger partial charge in [0.25, 0.3) is 0 Å². The fourth-order valence-electron chi connectivity index (χ4n) is 2.91. The minimum absolute atomic E-state index is 0.642. The standard InChI is InChI=1S/C11H23N/c1-5-10-8-12(4)9-11(10,6-2)7-3/h10H,5-9H2,1-4H3. The van der Waals surface area contributed by atoms with Crippen LogP contribution in [0.3, 0.4) is 0 Å². The molecule has 72 valence electrons. The topological polar surface area (TPSA) is 3.24 Å². The monoisotopic (exact) mass is 169 g/mol. The van der Waals surface area contributed by atoms with Crippen LogP contribution in [0.25, 0.3) is 0 Å². The van der Waals surface area contributed by atoms with E-state index < -0.39 is 0 Å². The van der Waals surface area contributed by atoms with E-state index in [-0.39, 0.29) is 0 Å². The van der Waals surface area contributed by atoms with Crippen LogP contribution < -0.4 is 0 Å². The molecule has 12 heavy (non-hydrogen) atoms. The number of rotatable bonds is 3. The SMILES string of the molecule is CCC1CN(C)CC1(CC)CC. The van der Waals surface area contributed by atoms with E-state index in [9.17, 15) is 0 Å². The van der Waals surface area contributed by atoms with Crippen molar-refractivity contribution in [3.05, 3.63) is 0 Å². The smallest absolute Gasteiger partial charge is 0.00380 e. The van der Waals surface area contributed by atoms with Gasteiger partial charge in [-0.15, -0.1) is 0 Å². The Morgan fingerprint density at radius 3 is 2.17 bits per heavy atom. The van der Waals surface area contributed by atoms with Crippen molar-refractivity contribution in [3.8, 4) is 0 Å². The number of likely N-dealkylation sites (tertiary alicyclic amines) is 1. The number of hydrogen-bond donors (Lipinski definition) is 0. The zero-order valence-corrected chi connectivity index (χ0v) is 9.06. The first kappa shape index (κ1) is 10.0. The van der Waals surface area contributed by atoms with Gasteiger partial charge in [-0.2, -0.15) is 0 Å². The maximum absolute atomic E-state index is 2.50. The van der Waals surface area contributed by atoms with Crippen molar-refractivity contribution >= 4 is 0 Å². The van der Waals surface area contributed by atoms with E-state index in [2.05, 4.69) is 32.7 Å². The van der Waals surface area contributed by atoms with Crippen LogP contribution in [-0.2, 0) is 0 Å². The molecular weight excluding hydrogens is 146 g/mol. The Morgan fingerprint density at radius 2 is 1.83 bits per heavy atom. The molecule has 1 heteroatoms. The summed E-state index contributed by atoms with van der Waals surface area (Å²) < 4.78 is 0. The third-order valence-electron chi connectivity index (χ3n) is 3.88. The number of hydrogen-bond acceptors (Lipinski definition) is 1. The van der Waals surface area contributed by atoms with Crippen molar-refractivity contribution in [2.24, 2.45) is 11.3 Å². The molecule has 1 aliphatic rings. The van der Waals surface area contributed by atoms with Gasteiger partial charge in [0.1, 0.15) is 0 Å². The van der Waals surface area contributed by atoms with E-state index in [1.807, 2.05) is 0 Å². The lowest BCUT2D eigenvalue weighted by atomic mass is 9.73. The molecule has 0 aliphatic carbocycles. The summed E-state index contributed by atoms with van der Waals surface area (Å²) in [6, 6.07) is 0. The molecule has 0 N–H and O–H groups in total. The van der Waals surface area contributed by atoms with Gasteiger partial charge in [0.05, 0.1) is 0 Å². The van der Waals surface area contributed by atoms with Crippen LogP contribution in [0.15, 0.2) is 0 Å². The Hall–Kier alpha value is -0.0400. The predicted octanol–water partition coefficient (Wildman–Crippen LogP) is 2.76. The van der Waals surface area contributed by atoms with Crippen LogP contribution in [0.1, 0.15) is 40.0 Å². The van der Waals surface area contributed by atoms with Gasteiger partial charge < -0.3 is 4.90 Å². The molecule has 0 saturated carbocycles. The molecule has 0 amide bonds. The fraction of sp³-hybridized carbons (Fsp3) is 1.00. The van der Waals surface area contributed by atoms with Crippen molar-refractivity contribution < 1.29 is 0 Å². The van der Waals surface area contributed by atoms with E-state index in [4.69, 9.17) is 0 Å². The maximum Gasteiger partial charge on any atom is 0.00380 e. The van der Waals surface area contributed by atoms with Gasteiger partial charge in [0, 0.05) is 13.1 Å². The van der Waals surface area contributed by atoms with Crippen molar-refractivity contribution in [2.75, 3.05) is 20.1 Å². The third kappa shape index (κ3) is 1.52. The first-order valence-electron chi connectivity index (χ1n) is 5.37. The molecule has 1 unspecified atom stereocenters. The highest BCUT2D eigenvalue weighted by Gasteiger charge is 2.41. The maximum atomic E-state index is 2.50. The summed E-state index contributed by atoms with van der Waals surface area (Å²) in [5.74, 6) is 0.942. The largest absolute Gasteiger partial charge is 0.306 e. The van der Waals surface area contributed by atoms with Crippen LogP contribution in [0.2, 0.25) is 0 Å². The second kappa shape index (κ2) is 3.78. The summed E-state index contributed by atoms with van der Waals surface area (Å²) in [6.07, 6.45) is 4.06. The summed E-state index contributed by atoms with van der Waals surface area (Å²) in [4.78, 5) is 2.50. The zero-order chi connectivity index (χ0) is 9.19. The highest BCUT2D eigenvalue weighted by molar-refractivity contribution is 4.93. The Kier molecular flexibility index (Phi) is 3.16. The Labute approximate surface area is 77.1 Å². The van der Waals surface area contributed by atoms with E-state index in [1.165, 1.54) is 32.4 Å². The van der Waals surface area contributed by atoms with Crippen molar-refractivity contribution in [2.45, 2.75) is 40.0 Å². The third-order valence-corrected chi connectivity index (χ3v) is 3.88. The lowest BCUT2D eigenvalue weighted by Gasteiger charge is -2.32. The minimum Gasteiger partial charge on any atom is -0.306 e. The summed E-state index contributed by atoms with van der Waals surface area (Å²) in [6.45, 7) is 9.68. The van der Waals surface area contributed by atoms with Crippen LogP contribution >= 0.6 is 0 Å².